The predicted octanol–water partition coefficient (Wildman–Crippen LogP) is 11.8. The zero-order valence-electron chi connectivity index (χ0n) is 26.9. The largest absolute Gasteiger partial charge is 0.328 e. The highest BCUT2D eigenvalue weighted by atomic mass is 14.8. The van der Waals surface area contributed by atoms with Gasteiger partial charge in [-0.05, 0) is 43.9 Å². The standard InChI is InChI=1S/C36H74N2/c1-4-7-10-13-16-19-22-25-28-35(29-26-23-20-17-14-11-8-5-2)31-34(37)32-36(38,33-35)30-27-24-21-18-15-12-9-6-3/h34H,4-33,37-38H2,1-3H3. The van der Waals surface area contributed by atoms with Crippen LogP contribution in [0.25, 0.3) is 0 Å². The molecule has 1 rings (SSSR count). The molecule has 0 aliphatic heterocycles. The van der Waals surface area contributed by atoms with E-state index in [4.69, 9.17) is 11.5 Å². The van der Waals surface area contributed by atoms with Crippen LogP contribution in [0.4, 0.5) is 0 Å². The Bertz CT molecular complexity index is 484. The first kappa shape index (κ1) is 35.9. The molecule has 2 atom stereocenters. The van der Waals surface area contributed by atoms with Gasteiger partial charge in [0.25, 0.3) is 0 Å². The normalized spacial score (nSPS) is 21.2. The number of rotatable bonds is 27. The van der Waals surface area contributed by atoms with Crippen LogP contribution in [-0.4, -0.2) is 11.6 Å². The highest BCUT2D eigenvalue weighted by Gasteiger charge is 2.44. The summed E-state index contributed by atoms with van der Waals surface area (Å²) in [7, 11) is 0. The Morgan fingerprint density at radius 3 is 1.13 bits per heavy atom. The van der Waals surface area contributed by atoms with Gasteiger partial charge < -0.3 is 11.5 Å². The summed E-state index contributed by atoms with van der Waals surface area (Å²) in [6, 6.07) is 0.311. The van der Waals surface area contributed by atoms with Crippen LogP contribution in [0.15, 0.2) is 0 Å². The van der Waals surface area contributed by atoms with Gasteiger partial charge in [0.05, 0.1) is 0 Å². The lowest BCUT2D eigenvalue weighted by molar-refractivity contribution is 0.0681. The zero-order valence-corrected chi connectivity index (χ0v) is 26.9. The van der Waals surface area contributed by atoms with E-state index in [0.717, 1.165) is 6.42 Å². The van der Waals surface area contributed by atoms with E-state index in [-0.39, 0.29) is 5.54 Å². The molecular formula is C36H74N2. The summed E-state index contributed by atoms with van der Waals surface area (Å²) >= 11 is 0. The molecule has 1 saturated carbocycles. The molecule has 0 aromatic heterocycles. The third-order valence-electron chi connectivity index (χ3n) is 9.74. The van der Waals surface area contributed by atoms with Gasteiger partial charge in [-0.1, -0.05) is 175 Å². The van der Waals surface area contributed by atoms with Crippen LogP contribution >= 0.6 is 0 Å². The van der Waals surface area contributed by atoms with Crippen LogP contribution in [0.1, 0.15) is 213 Å². The molecule has 0 aromatic carbocycles. The van der Waals surface area contributed by atoms with Crippen molar-refractivity contribution in [3.8, 4) is 0 Å². The number of hydrogen-bond donors (Lipinski definition) is 2. The van der Waals surface area contributed by atoms with E-state index in [2.05, 4.69) is 20.8 Å². The van der Waals surface area contributed by atoms with E-state index in [1.807, 2.05) is 0 Å². The van der Waals surface area contributed by atoms with Crippen LogP contribution in [0.2, 0.25) is 0 Å². The number of hydrogen-bond acceptors (Lipinski definition) is 2. The molecule has 1 aliphatic carbocycles. The van der Waals surface area contributed by atoms with Crippen LogP contribution in [0.5, 0.6) is 0 Å². The topological polar surface area (TPSA) is 52.0 Å². The minimum absolute atomic E-state index is 0.0137. The van der Waals surface area contributed by atoms with Crippen LogP contribution in [-0.2, 0) is 0 Å². The van der Waals surface area contributed by atoms with Crippen LogP contribution < -0.4 is 11.5 Å². The Kier molecular flexibility index (Phi) is 22.3. The van der Waals surface area contributed by atoms with Gasteiger partial charge in [-0.25, -0.2) is 0 Å². The summed E-state index contributed by atoms with van der Waals surface area (Å²) in [5, 5.41) is 0. The van der Waals surface area contributed by atoms with Gasteiger partial charge in [-0.3, -0.25) is 0 Å². The second-order valence-electron chi connectivity index (χ2n) is 13.9. The second kappa shape index (κ2) is 23.6. The molecule has 2 unspecified atom stereocenters. The Morgan fingerprint density at radius 2 is 0.763 bits per heavy atom. The summed E-state index contributed by atoms with van der Waals surface area (Å²) in [6.45, 7) is 6.93. The molecule has 1 fully saturated rings. The molecule has 1 aliphatic rings. The van der Waals surface area contributed by atoms with Gasteiger partial charge in [-0.15, -0.1) is 0 Å². The highest BCUT2D eigenvalue weighted by Crippen LogP contribution is 2.49. The Labute approximate surface area is 241 Å². The van der Waals surface area contributed by atoms with Crippen molar-refractivity contribution in [3.63, 3.8) is 0 Å². The van der Waals surface area contributed by atoms with Gasteiger partial charge in [0.1, 0.15) is 0 Å². The van der Waals surface area contributed by atoms with Gasteiger partial charge in [0, 0.05) is 11.6 Å². The molecule has 2 nitrogen and oxygen atoms in total. The zero-order chi connectivity index (χ0) is 27.8. The molecule has 4 N–H and O–H groups in total. The summed E-state index contributed by atoms with van der Waals surface area (Å²) < 4.78 is 0. The fourth-order valence-electron chi connectivity index (χ4n) is 7.62. The molecule has 0 heterocycles. The van der Waals surface area contributed by atoms with Gasteiger partial charge in [-0.2, -0.15) is 0 Å². The monoisotopic (exact) mass is 535 g/mol. The van der Waals surface area contributed by atoms with Crippen molar-refractivity contribution in [3.05, 3.63) is 0 Å². The minimum atomic E-state index is -0.0137. The lowest BCUT2D eigenvalue weighted by Gasteiger charge is -2.49. The molecule has 0 bridgehead atoms. The van der Waals surface area contributed by atoms with E-state index < -0.39 is 0 Å². The molecule has 0 spiro atoms. The van der Waals surface area contributed by atoms with Gasteiger partial charge in [0.15, 0.2) is 0 Å². The Hall–Kier alpha value is -0.0800. The molecule has 38 heavy (non-hydrogen) atoms. The first-order valence-corrected chi connectivity index (χ1v) is 18.0. The van der Waals surface area contributed by atoms with E-state index in [0.29, 0.717) is 11.5 Å². The van der Waals surface area contributed by atoms with Crippen molar-refractivity contribution in [2.24, 2.45) is 16.9 Å². The fourth-order valence-corrected chi connectivity index (χ4v) is 7.62. The molecule has 0 aromatic rings. The van der Waals surface area contributed by atoms with Crippen molar-refractivity contribution >= 4 is 0 Å². The van der Waals surface area contributed by atoms with Crippen molar-refractivity contribution in [1.82, 2.24) is 0 Å². The molecular weight excluding hydrogens is 460 g/mol. The summed E-state index contributed by atoms with van der Waals surface area (Å²) in [5.41, 5.74) is 14.4. The van der Waals surface area contributed by atoms with E-state index >= 15 is 0 Å². The van der Waals surface area contributed by atoms with E-state index in [1.165, 1.54) is 186 Å². The van der Waals surface area contributed by atoms with Crippen molar-refractivity contribution < 1.29 is 0 Å². The summed E-state index contributed by atoms with van der Waals surface area (Å²) in [5.74, 6) is 0. The first-order chi connectivity index (χ1) is 18.5. The SMILES string of the molecule is CCCCCCCCCCC1(N)CC(N)CC(CCCCCCCCCC)(CCCCCCCCCC)C1. The average Bonchev–Trinajstić information content (AvgIpc) is 2.88. The minimum Gasteiger partial charge on any atom is -0.328 e. The summed E-state index contributed by atoms with van der Waals surface area (Å²) in [4.78, 5) is 0. The van der Waals surface area contributed by atoms with Crippen molar-refractivity contribution in [2.75, 3.05) is 0 Å². The van der Waals surface area contributed by atoms with Crippen molar-refractivity contribution in [1.29, 1.82) is 0 Å². The van der Waals surface area contributed by atoms with Crippen LogP contribution in [0.3, 0.4) is 0 Å². The predicted molar refractivity (Wildman–Crippen MR) is 173 cm³/mol. The van der Waals surface area contributed by atoms with E-state index in [9.17, 15) is 0 Å². The van der Waals surface area contributed by atoms with E-state index in [1.54, 1.807) is 0 Å². The Morgan fingerprint density at radius 1 is 0.447 bits per heavy atom. The average molecular weight is 535 g/mol. The Balaban J connectivity index is 2.53. The third-order valence-corrected chi connectivity index (χ3v) is 9.74. The van der Waals surface area contributed by atoms with Crippen molar-refractivity contribution in [2.45, 2.75) is 225 Å². The highest BCUT2D eigenvalue weighted by molar-refractivity contribution is 5.02. The molecule has 2 heteroatoms. The lowest BCUT2D eigenvalue weighted by Crippen LogP contribution is -2.54. The maximum absolute atomic E-state index is 7.22. The first-order valence-electron chi connectivity index (χ1n) is 18.0. The molecule has 228 valence electrons. The molecule has 0 radical (unpaired) electrons. The smallest absolute Gasteiger partial charge is 0.0174 e. The van der Waals surface area contributed by atoms with Gasteiger partial charge >= 0.3 is 0 Å². The quantitative estimate of drug-likeness (QED) is 0.103. The second-order valence-corrected chi connectivity index (χ2v) is 13.9. The number of nitrogens with two attached hydrogens (primary N) is 2. The fraction of sp³-hybridized carbons (Fsp3) is 1.00. The maximum Gasteiger partial charge on any atom is 0.0174 e. The van der Waals surface area contributed by atoms with Crippen LogP contribution in [0, 0.1) is 5.41 Å². The molecule has 0 saturated heterocycles. The third kappa shape index (κ3) is 18.3. The maximum atomic E-state index is 7.22. The summed E-state index contributed by atoms with van der Waals surface area (Å²) in [6.07, 6.45) is 41.2. The number of unbranched alkanes of at least 4 members (excludes halogenated alkanes) is 21. The molecule has 0 amide bonds. The van der Waals surface area contributed by atoms with Gasteiger partial charge in [0.2, 0.25) is 0 Å². The lowest BCUT2D eigenvalue weighted by atomic mass is 9.59.